The van der Waals surface area contributed by atoms with E-state index in [4.69, 9.17) is 5.73 Å². The summed E-state index contributed by atoms with van der Waals surface area (Å²) in [5, 5.41) is 0.812. The zero-order chi connectivity index (χ0) is 18.6. The smallest absolute Gasteiger partial charge is 0.245 e. The van der Waals surface area contributed by atoms with Crippen molar-refractivity contribution >= 4 is 33.3 Å². The first-order valence-corrected chi connectivity index (χ1v) is 10.1. The Balaban J connectivity index is 0.00000261. The lowest BCUT2D eigenvalue weighted by Gasteiger charge is -2.23. The van der Waals surface area contributed by atoms with E-state index < -0.39 is 10.0 Å². The van der Waals surface area contributed by atoms with Crippen molar-refractivity contribution in [2.45, 2.75) is 18.2 Å². The molecule has 144 valence electrons. The van der Waals surface area contributed by atoms with E-state index in [0.29, 0.717) is 24.0 Å². The Morgan fingerprint density at radius 2 is 1.74 bits per heavy atom. The van der Waals surface area contributed by atoms with Crippen LogP contribution in [-0.2, 0) is 16.4 Å². The molecular formula is C20H24ClN3O2S. The molecule has 0 aliphatic rings. The minimum absolute atomic E-state index is 0. The standard InChI is InChI=1S/C20H23N3O2S.ClH/c1-16-9-10-18-8-5-13-22-19(18)20(16)26(24,25)23(15-12-21)14-11-17-6-3-2-4-7-17;/h2-10,13H,11-12,14-15,21H2,1H3;1H. The predicted octanol–water partition coefficient (Wildman–Crippen LogP) is 3.16. The molecule has 0 saturated heterocycles. The van der Waals surface area contributed by atoms with Crippen LogP contribution in [0.5, 0.6) is 0 Å². The van der Waals surface area contributed by atoms with Gasteiger partial charge in [0.1, 0.15) is 4.90 Å². The van der Waals surface area contributed by atoms with Crippen molar-refractivity contribution in [2.75, 3.05) is 19.6 Å². The molecule has 0 aliphatic carbocycles. The number of nitrogens with two attached hydrogens (primary N) is 1. The molecular weight excluding hydrogens is 382 g/mol. The number of aryl methyl sites for hydroxylation is 1. The van der Waals surface area contributed by atoms with Gasteiger partial charge in [0.25, 0.3) is 0 Å². The predicted molar refractivity (Wildman–Crippen MR) is 112 cm³/mol. The summed E-state index contributed by atoms with van der Waals surface area (Å²) in [6.07, 6.45) is 2.26. The second-order valence-corrected chi connectivity index (χ2v) is 8.09. The minimum atomic E-state index is -3.70. The first kappa shape index (κ1) is 21.3. The molecule has 0 aliphatic heterocycles. The second kappa shape index (κ2) is 9.28. The number of hydrogen-bond donors (Lipinski definition) is 1. The van der Waals surface area contributed by atoms with Gasteiger partial charge in [-0.3, -0.25) is 4.98 Å². The maximum atomic E-state index is 13.4. The van der Waals surface area contributed by atoms with Gasteiger partial charge in [0, 0.05) is 31.2 Å². The summed E-state index contributed by atoms with van der Waals surface area (Å²) in [7, 11) is -3.70. The van der Waals surface area contributed by atoms with Gasteiger partial charge in [-0.2, -0.15) is 4.31 Å². The van der Waals surface area contributed by atoms with Crippen molar-refractivity contribution in [1.82, 2.24) is 9.29 Å². The molecule has 0 spiro atoms. The molecule has 0 atom stereocenters. The van der Waals surface area contributed by atoms with Crippen molar-refractivity contribution < 1.29 is 8.42 Å². The minimum Gasteiger partial charge on any atom is -0.329 e. The molecule has 2 N–H and O–H groups in total. The van der Waals surface area contributed by atoms with Crippen molar-refractivity contribution in [3.63, 3.8) is 0 Å². The molecule has 7 heteroatoms. The summed E-state index contributed by atoms with van der Waals surface area (Å²) in [4.78, 5) is 4.61. The molecule has 1 heterocycles. The van der Waals surface area contributed by atoms with E-state index in [-0.39, 0.29) is 30.4 Å². The van der Waals surface area contributed by atoms with Gasteiger partial charge >= 0.3 is 0 Å². The number of pyridine rings is 1. The zero-order valence-corrected chi connectivity index (χ0v) is 16.8. The molecule has 0 saturated carbocycles. The summed E-state index contributed by atoms with van der Waals surface area (Å²) < 4.78 is 28.3. The molecule has 0 unspecified atom stereocenters. The van der Waals surface area contributed by atoms with Gasteiger partial charge in [-0.15, -0.1) is 12.4 Å². The van der Waals surface area contributed by atoms with Gasteiger partial charge in [-0.25, -0.2) is 8.42 Å². The van der Waals surface area contributed by atoms with Gasteiger partial charge in [0.05, 0.1) is 5.52 Å². The Labute approximate surface area is 166 Å². The van der Waals surface area contributed by atoms with E-state index in [1.807, 2.05) is 48.5 Å². The quantitative estimate of drug-likeness (QED) is 0.655. The van der Waals surface area contributed by atoms with Crippen LogP contribution in [0.3, 0.4) is 0 Å². The number of halogens is 1. The molecule has 5 nitrogen and oxygen atoms in total. The first-order valence-electron chi connectivity index (χ1n) is 8.62. The van der Waals surface area contributed by atoms with Crippen LogP contribution in [0.1, 0.15) is 11.1 Å². The Morgan fingerprint density at radius 1 is 1.00 bits per heavy atom. The largest absolute Gasteiger partial charge is 0.329 e. The Bertz CT molecular complexity index is 995. The number of benzene rings is 2. The van der Waals surface area contributed by atoms with Crippen LogP contribution in [-0.4, -0.2) is 37.3 Å². The van der Waals surface area contributed by atoms with Crippen LogP contribution in [0, 0.1) is 6.92 Å². The highest BCUT2D eigenvalue weighted by molar-refractivity contribution is 7.89. The molecule has 0 amide bonds. The fourth-order valence-electron chi connectivity index (χ4n) is 3.07. The topological polar surface area (TPSA) is 76.3 Å². The molecule has 0 bridgehead atoms. The lowest BCUT2D eigenvalue weighted by atomic mass is 10.1. The normalized spacial score (nSPS) is 11.5. The molecule has 2 aromatic carbocycles. The van der Waals surface area contributed by atoms with Gasteiger partial charge in [0.15, 0.2) is 0 Å². The van der Waals surface area contributed by atoms with Crippen LogP contribution in [0.15, 0.2) is 65.7 Å². The third-order valence-electron chi connectivity index (χ3n) is 4.39. The first-order chi connectivity index (χ1) is 12.5. The summed E-state index contributed by atoms with van der Waals surface area (Å²) in [6, 6.07) is 17.3. The Morgan fingerprint density at radius 3 is 2.44 bits per heavy atom. The van der Waals surface area contributed by atoms with Crippen LogP contribution < -0.4 is 5.73 Å². The molecule has 27 heavy (non-hydrogen) atoms. The lowest BCUT2D eigenvalue weighted by molar-refractivity contribution is 0.422. The number of sulfonamides is 1. The van der Waals surface area contributed by atoms with Crippen LogP contribution in [0.4, 0.5) is 0 Å². The summed E-state index contributed by atoms with van der Waals surface area (Å²) in [5.41, 5.74) is 8.00. The van der Waals surface area contributed by atoms with Crippen LogP contribution in [0.2, 0.25) is 0 Å². The number of fused-ring (bicyclic) bond motifs is 1. The third kappa shape index (κ3) is 4.65. The highest BCUT2D eigenvalue weighted by atomic mass is 35.5. The zero-order valence-electron chi connectivity index (χ0n) is 15.2. The summed E-state index contributed by atoms with van der Waals surface area (Å²) in [5.74, 6) is 0. The van der Waals surface area contributed by atoms with Gasteiger partial charge in [-0.1, -0.05) is 48.5 Å². The summed E-state index contributed by atoms with van der Waals surface area (Å²) in [6.45, 7) is 2.73. The number of aromatic nitrogens is 1. The molecule has 3 aromatic rings. The maximum absolute atomic E-state index is 13.4. The third-order valence-corrected chi connectivity index (χ3v) is 6.47. The van der Waals surface area contributed by atoms with E-state index in [1.165, 1.54) is 4.31 Å². The lowest BCUT2D eigenvalue weighted by Crippen LogP contribution is -2.37. The fraction of sp³-hybridized carbons (Fsp3) is 0.250. The van der Waals surface area contributed by atoms with Crippen molar-refractivity contribution in [3.8, 4) is 0 Å². The van der Waals surface area contributed by atoms with Crippen molar-refractivity contribution in [3.05, 3.63) is 71.9 Å². The Hall–Kier alpha value is -1.99. The second-order valence-electron chi connectivity index (χ2n) is 6.22. The van der Waals surface area contributed by atoms with E-state index >= 15 is 0 Å². The fourth-order valence-corrected chi connectivity index (χ4v) is 4.89. The average Bonchev–Trinajstić information content (AvgIpc) is 2.65. The van der Waals surface area contributed by atoms with E-state index in [1.54, 1.807) is 19.2 Å². The highest BCUT2D eigenvalue weighted by Gasteiger charge is 2.28. The van der Waals surface area contributed by atoms with E-state index in [0.717, 1.165) is 10.9 Å². The molecule has 3 rings (SSSR count). The van der Waals surface area contributed by atoms with Crippen LogP contribution in [0.25, 0.3) is 10.9 Å². The van der Waals surface area contributed by atoms with Gasteiger partial charge in [-0.05, 0) is 30.5 Å². The van der Waals surface area contributed by atoms with E-state index in [9.17, 15) is 8.42 Å². The molecule has 0 fully saturated rings. The van der Waals surface area contributed by atoms with Crippen molar-refractivity contribution in [1.29, 1.82) is 0 Å². The number of rotatable bonds is 7. The van der Waals surface area contributed by atoms with Gasteiger partial charge < -0.3 is 5.73 Å². The maximum Gasteiger partial charge on any atom is 0.245 e. The molecule has 1 aromatic heterocycles. The van der Waals surface area contributed by atoms with E-state index in [2.05, 4.69) is 4.98 Å². The van der Waals surface area contributed by atoms with Crippen LogP contribution >= 0.6 is 12.4 Å². The summed E-state index contributed by atoms with van der Waals surface area (Å²) >= 11 is 0. The van der Waals surface area contributed by atoms with Crippen molar-refractivity contribution in [2.24, 2.45) is 5.73 Å². The SMILES string of the molecule is Cc1ccc2cccnc2c1S(=O)(=O)N(CCN)CCc1ccccc1.Cl. The number of nitrogens with zero attached hydrogens (tertiary/aromatic N) is 2. The number of hydrogen-bond acceptors (Lipinski definition) is 4. The molecule has 0 radical (unpaired) electrons. The Kier molecular flexibility index (Phi) is 7.33. The van der Waals surface area contributed by atoms with Gasteiger partial charge in [0.2, 0.25) is 10.0 Å². The highest BCUT2D eigenvalue weighted by Crippen LogP contribution is 2.27. The average molecular weight is 406 g/mol. The monoisotopic (exact) mass is 405 g/mol.